The number of benzene rings is 1. The van der Waals surface area contributed by atoms with E-state index in [9.17, 15) is 22.2 Å². The average Bonchev–Trinajstić information content (AvgIpc) is 3.20. The van der Waals surface area contributed by atoms with Crippen LogP contribution in [0.25, 0.3) is 0 Å². The molecule has 2 heterocycles. The van der Waals surface area contributed by atoms with E-state index in [1.165, 1.54) is 6.20 Å². The second-order valence-corrected chi connectivity index (χ2v) is 14.4. The Balaban J connectivity index is 2.20. The van der Waals surface area contributed by atoms with Gasteiger partial charge in [0.25, 0.3) is 0 Å². The van der Waals surface area contributed by atoms with E-state index in [-0.39, 0.29) is 5.56 Å². The molecule has 0 spiro atoms. The number of likely N-dealkylation sites (tertiary alicyclic amines) is 1. The Kier molecular flexibility index (Phi) is 9.14. The minimum Gasteiger partial charge on any atom is -0.444 e. The van der Waals surface area contributed by atoms with Gasteiger partial charge in [-0.15, -0.1) is 0 Å². The number of carbonyl (C=O) groups excluding carboxylic acids is 1. The van der Waals surface area contributed by atoms with Gasteiger partial charge < -0.3 is 4.74 Å². The lowest BCUT2D eigenvalue weighted by atomic mass is 9.95. The predicted molar refractivity (Wildman–Crippen MR) is 148 cm³/mol. The molecule has 1 aliphatic rings. The summed E-state index contributed by atoms with van der Waals surface area (Å²) in [6.07, 6.45) is -2.79. The van der Waals surface area contributed by atoms with Gasteiger partial charge >= 0.3 is 12.3 Å². The van der Waals surface area contributed by atoms with Crippen molar-refractivity contribution in [1.29, 1.82) is 0 Å². The first-order chi connectivity index (χ1) is 17.8. The standard InChI is InChI=1S/C28H37ClF3N3O3S/c1-16-11-18(14-19(12-16)28(30,31)32)24(34-39(37)27(6,7)8)23-10-9-22(20-13-17(2)33-15-21(20)29)35(23)25(36)38-26(3,4)5/h11-15,22-24,34H,9-10H2,1-8H3/t22-,23-,24+,39-/m0/s1. The van der Waals surface area contributed by atoms with Crippen LogP contribution in [0, 0.1) is 13.8 Å². The molecule has 216 valence electrons. The van der Waals surface area contributed by atoms with Crippen molar-refractivity contribution in [3.8, 4) is 0 Å². The van der Waals surface area contributed by atoms with E-state index in [0.29, 0.717) is 34.7 Å². The molecular weight excluding hydrogens is 551 g/mol. The normalized spacial score (nSPS) is 20.2. The Morgan fingerprint density at radius 2 is 1.74 bits per heavy atom. The van der Waals surface area contributed by atoms with Gasteiger partial charge in [-0.1, -0.05) is 23.2 Å². The second kappa shape index (κ2) is 11.4. The highest BCUT2D eigenvalue weighted by molar-refractivity contribution is 7.84. The van der Waals surface area contributed by atoms with Gasteiger partial charge in [0.05, 0.1) is 44.4 Å². The molecule has 11 heteroatoms. The van der Waals surface area contributed by atoms with Crippen LogP contribution in [-0.4, -0.2) is 36.6 Å². The fraction of sp³-hybridized carbons (Fsp3) is 0.571. The number of hydrogen-bond acceptors (Lipinski definition) is 4. The summed E-state index contributed by atoms with van der Waals surface area (Å²) in [5.74, 6) is 0. The van der Waals surface area contributed by atoms with Crippen molar-refractivity contribution < 1.29 is 26.9 Å². The quantitative estimate of drug-likeness (QED) is 0.391. The zero-order valence-electron chi connectivity index (χ0n) is 23.6. The van der Waals surface area contributed by atoms with Gasteiger partial charge in [-0.05, 0) is 97.6 Å². The zero-order chi connectivity index (χ0) is 29.5. The number of aryl methyl sites for hydroxylation is 2. The molecule has 3 rings (SSSR count). The topological polar surface area (TPSA) is 71.5 Å². The molecule has 2 aromatic rings. The maximum absolute atomic E-state index is 13.8. The first-order valence-corrected chi connectivity index (χ1v) is 14.3. The third kappa shape index (κ3) is 7.73. The molecule has 0 radical (unpaired) electrons. The number of alkyl halides is 3. The van der Waals surface area contributed by atoms with Gasteiger partial charge in [-0.3, -0.25) is 9.88 Å². The summed E-state index contributed by atoms with van der Waals surface area (Å²) in [5, 5.41) is 0.373. The van der Waals surface area contributed by atoms with Gasteiger partial charge in [0.1, 0.15) is 5.60 Å². The van der Waals surface area contributed by atoms with Crippen LogP contribution in [0.2, 0.25) is 5.02 Å². The lowest BCUT2D eigenvalue weighted by Gasteiger charge is -2.38. The maximum Gasteiger partial charge on any atom is 0.416 e. The smallest absolute Gasteiger partial charge is 0.416 e. The second-order valence-electron chi connectivity index (χ2n) is 12.0. The highest BCUT2D eigenvalue weighted by Crippen LogP contribution is 2.45. The predicted octanol–water partition coefficient (Wildman–Crippen LogP) is 7.60. The number of hydrogen-bond donors (Lipinski definition) is 1. The molecule has 0 bridgehead atoms. The van der Waals surface area contributed by atoms with Gasteiger partial charge in [0.15, 0.2) is 0 Å². The molecule has 4 atom stereocenters. The van der Waals surface area contributed by atoms with Crippen molar-refractivity contribution in [2.45, 2.75) is 103 Å². The maximum atomic E-state index is 13.8. The van der Waals surface area contributed by atoms with Gasteiger partial charge in [0.2, 0.25) is 0 Å². The lowest BCUT2D eigenvalue weighted by Crippen LogP contribution is -2.48. The molecule has 1 amide bonds. The number of rotatable bonds is 5. The number of carbonyl (C=O) groups is 1. The van der Waals surface area contributed by atoms with Crippen molar-refractivity contribution in [2.75, 3.05) is 0 Å². The van der Waals surface area contributed by atoms with Gasteiger partial charge in [-0.2, -0.15) is 13.2 Å². The van der Waals surface area contributed by atoms with Crippen LogP contribution in [0.15, 0.2) is 30.5 Å². The monoisotopic (exact) mass is 587 g/mol. The Labute approximate surface area is 236 Å². The third-order valence-corrected chi connectivity index (χ3v) is 8.27. The Morgan fingerprint density at radius 3 is 2.31 bits per heavy atom. The van der Waals surface area contributed by atoms with Crippen LogP contribution < -0.4 is 4.72 Å². The van der Waals surface area contributed by atoms with Crippen LogP contribution in [0.5, 0.6) is 0 Å². The minimum atomic E-state index is -4.57. The summed E-state index contributed by atoms with van der Waals surface area (Å²) < 4.78 is 62.9. The van der Waals surface area contributed by atoms with Crippen molar-refractivity contribution in [3.05, 3.63) is 63.4 Å². The molecule has 0 unspecified atom stereocenters. The summed E-state index contributed by atoms with van der Waals surface area (Å²) >= 11 is 6.53. The van der Waals surface area contributed by atoms with E-state index in [4.69, 9.17) is 16.3 Å². The summed E-state index contributed by atoms with van der Waals surface area (Å²) in [7, 11) is -1.66. The van der Waals surface area contributed by atoms with E-state index >= 15 is 0 Å². The molecule has 1 N–H and O–H groups in total. The van der Waals surface area contributed by atoms with Crippen LogP contribution >= 0.6 is 11.6 Å². The molecule has 0 saturated carbocycles. The van der Waals surface area contributed by atoms with E-state index in [1.54, 1.807) is 65.5 Å². The molecule has 1 saturated heterocycles. The molecule has 1 aromatic heterocycles. The third-order valence-electron chi connectivity index (χ3n) is 6.38. The van der Waals surface area contributed by atoms with Crippen molar-refractivity contribution in [2.24, 2.45) is 0 Å². The first kappa shape index (κ1) is 31.4. The SMILES string of the molecule is Cc1cc([C@@H](N[S@@](=O)C(C)(C)C)[C@@H]2CC[C@@H](c3cc(C)ncc3Cl)N2C(=O)OC(C)(C)C)cc(C(F)(F)F)c1. The van der Waals surface area contributed by atoms with Crippen LogP contribution in [0.3, 0.4) is 0 Å². The first-order valence-electron chi connectivity index (χ1n) is 12.8. The molecule has 0 aliphatic carbocycles. The molecule has 1 aliphatic heterocycles. The molecule has 1 fully saturated rings. The highest BCUT2D eigenvalue weighted by atomic mass is 35.5. The number of halogens is 4. The Hall–Kier alpha value is -2.17. The van der Waals surface area contributed by atoms with Gasteiger partial charge in [-0.25, -0.2) is 13.7 Å². The van der Waals surface area contributed by atoms with E-state index < -0.39 is 57.3 Å². The summed E-state index contributed by atoms with van der Waals surface area (Å²) in [4.78, 5) is 19.5. The van der Waals surface area contributed by atoms with Crippen LogP contribution in [0.4, 0.5) is 18.0 Å². The molecule has 6 nitrogen and oxygen atoms in total. The van der Waals surface area contributed by atoms with Crippen LogP contribution in [0.1, 0.15) is 94.4 Å². The summed E-state index contributed by atoms with van der Waals surface area (Å²) in [6.45, 7) is 13.9. The van der Waals surface area contributed by atoms with E-state index in [2.05, 4.69) is 9.71 Å². The minimum absolute atomic E-state index is 0.288. The number of pyridine rings is 1. The largest absolute Gasteiger partial charge is 0.444 e. The number of nitrogens with one attached hydrogen (secondary N) is 1. The lowest BCUT2D eigenvalue weighted by molar-refractivity contribution is -0.137. The average molecular weight is 588 g/mol. The van der Waals surface area contributed by atoms with E-state index in [1.807, 2.05) is 6.92 Å². The number of amides is 1. The Bertz CT molecular complexity index is 1240. The number of aromatic nitrogens is 1. The molecule has 39 heavy (non-hydrogen) atoms. The van der Waals surface area contributed by atoms with Crippen LogP contribution in [-0.2, 0) is 21.9 Å². The fourth-order valence-electron chi connectivity index (χ4n) is 4.68. The molecular formula is C28H37ClF3N3O3S. The number of ether oxygens (including phenoxy) is 1. The fourth-order valence-corrected chi connectivity index (χ4v) is 5.79. The molecule has 1 aromatic carbocycles. The Morgan fingerprint density at radius 1 is 1.10 bits per heavy atom. The van der Waals surface area contributed by atoms with Gasteiger partial charge in [0, 0.05) is 11.9 Å². The van der Waals surface area contributed by atoms with Crippen molar-refractivity contribution in [1.82, 2.24) is 14.6 Å². The summed E-state index contributed by atoms with van der Waals surface area (Å²) in [5.41, 5.74) is 0.441. The highest BCUT2D eigenvalue weighted by Gasteiger charge is 2.46. The number of nitrogens with zero attached hydrogens (tertiary/aromatic N) is 2. The van der Waals surface area contributed by atoms with Crippen molar-refractivity contribution >= 4 is 28.7 Å². The van der Waals surface area contributed by atoms with E-state index in [0.717, 1.165) is 12.1 Å². The van der Waals surface area contributed by atoms with Crippen molar-refractivity contribution in [3.63, 3.8) is 0 Å². The summed E-state index contributed by atoms with van der Waals surface area (Å²) in [6, 6.07) is 3.50. The zero-order valence-corrected chi connectivity index (χ0v) is 25.1.